The number of para-hydroxylation sites is 1. The summed E-state index contributed by atoms with van der Waals surface area (Å²) < 4.78 is 11.3. The second-order valence-electron chi connectivity index (χ2n) is 6.78. The van der Waals surface area contributed by atoms with Crippen molar-refractivity contribution in [3.8, 4) is 5.75 Å². The average molecular weight is 404 g/mol. The molecule has 0 spiro atoms. The summed E-state index contributed by atoms with van der Waals surface area (Å²) in [4.78, 5) is 13.5. The van der Waals surface area contributed by atoms with Crippen LogP contribution in [0.4, 0.5) is 0 Å². The first kappa shape index (κ1) is 19.2. The van der Waals surface area contributed by atoms with Crippen LogP contribution in [0.15, 0.2) is 83.8 Å². The number of hydrogen-bond acceptors (Lipinski definition) is 5. The fourth-order valence-corrected chi connectivity index (χ4v) is 3.89. The lowest BCUT2D eigenvalue weighted by Gasteiger charge is -2.21. The van der Waals surface area contributed by atoms with Gasteiger partial charge in [0.15, 0.2) is 0 Å². The van der Waals surface area contributed by atoms with E-state index in [1.165, 1.54) is 6.92 Å². The van der Waals surface area contributed by atoms with E-state index in [-0.39, 0.29) is 0 Å². The third-order valence-electron chi connectivity index (χ3n) is 4.60. The zero-order valence-electron chi connectivity index (χ0n) is 15.9. The largest absolute Gasteiger partial charge is 0.488 e. The van der Waals surface area contributed by atoms with Crippen molar-refractivity contribution >= 4 is 29.0 Å². The fraction of sp³-hybridized carbons (Fsp3) is 0.125. The van der Waals surface area contributed by atoms with Gasteiger partial charge in [0.2, 0.25) is 5.79 Å². The van der Waals surface area contributed by atoms with Crippen LogP contribution in [-0.2, 0) is 16.1 Å². The lowest BCUT2D eigenvalue weighted by Crippen LogP contribution is -2.26. The first-order valence-corrected chi connectivity index (χ1v) is 10.1. The van der Waals surface area contributed by atoms with Gasteiger partial charge in [-0.25, -0.2) is 4.79 Å². The number of ether oxygens (including phenoxy) is 2. The van der Waals surface area contributed by atoms with Crippen LogP contribution in [0, 0.1) is 0 Å². The molecule has 0 saturated carbocycles. The Hall–Kier alpha value is -3.15. The second-order valence-corrected chi connectivity index (χ2v) is 7.76. The molecule has 4 nitrogen and oxygen atoms in total. The number of cyclic esters (lactones) is 1. The van der Waals surface area contributed by atoms with Crippen LogP contribution in [-0.4, -0.2) is 16.9 Å². The van der Waals surface area contributed by atoms with Crippen LogP contribution in [0.5, 0.6) is 5.75 Å². The summed E-state index contributed by atoms with van der Waals surface area (Å²) in [5.74, 6) is -1.72. The number of hydrogen-bond donors (Lipinski definition) is 1. The quantitative estimate of drug-likeness (QED) is 0.584. The SMILES string of the molecule is CC1(O)OC(=O)C(C=Cc2cccs2)=C1c1ccccc1OCc1ccccc1. The Labute approximate surface area is 173 Å². The Morgan fingerprint density at radius 2 is 1.79 bits per heavy atom. The molecule has 2 aromatic carbocycles. The minimum Gasteiger partial charge on any atom is -0.488 e. The highest BCUT2D eigenvalue weighted by Crippen LogP contribution is 2.42. The molecule has 0 fully saturated rings. The van der Waals surface area contributed by atoms with Gasteiger partial charge < -0.3 is 14.6 Å². The number of rotatable bonds is 6. The molecule has 1 aliphatic heterocycles. The first-order chi connectivity index (χ1) is 14.0. The average Bonchev–Trinajstić information content (AvgIpc) is 3.31. The van der Waals surface area contributed by atoms with Crippen molar-refractivity contribution in [2.45, 2.75) is 19.3 Å². The first-order valence-electron chi connectivity index (χ1n) is 9.23. The molecule has 0 saturated heterocycles. The molecule has 1 atom stereocenters. The standard InChI is InChI=1S/C24H20O4S/c1-24(26)22(20(23(25)28-24)14-13-18-10-7-15-29-18)19-11-5-6-12-21(19)27-16-17-8-3-2-4-9-17/h2-15,26H,16H2,1H3. The summed E-state index contributed by atoms with van der Waals surface area (Å²) in [6, 6.07) is 21.1. The van der Waals surface area contributed by atoms with Crippen molar-refractivity contribution in [1.82, 2.24) is 0 Å². The van der Waals surface area contributed by atoms with Crippen molar-refractivity contribution in [1.29, 1.82) is 0 Å². The second kappa shape index (κ2) is 8.07. The van der Waals surface area contributed by atoms with Crippen LogP contribution >= 0.6 is 11.3 Å². The van der Waals surface area contributed by atoms with Crippen LogP contribution in [0.25, 0.3) is 11.6 Å². The van der Waals surface area contributed by atoms with E-state index in [0.717, 1.165) is 10.4 Å². The zero-order chi connectivity index (χ0) is 20.3. The maximum absolute atomic E-state index is 12.5. The molecule has 1 unspecified atom stereocenters. The van der Waals surface area contributed by atoms with Gasteiger partial charge in [-0.15, -0.1) is 11.3 Å². The van der Waals surface area contributed by atoms with Gasteiger partial charge in [-0.1, -0.05) is 54.6 Å². The lowest BCUT2D eigenvalue weighted by atomic mass is 9.94. The Bertz CT molecular complexity index is 1060. The predicted molar refractivity (Wildman–Crippen MR) is 114 cm³/mol. The van der Waals surface area contributed by atoms with E-state index >= 15 is 0 Å². The molecule has 0 radical (unpaired) electrons. The third kappa shape index (κ3) is 4.16. The molecule has 1 aliphatic rings. The monoisotopic (exact) mass is 404 g/mol. The number of aliphatic hydroxyl groups is 1. The van der Waals surface area contributed by atoms with E-state index in [1.807, 2.05) is 78.2 Å². The van der Waals surface area contributed by atoms with E-state index in [2.05, 4.69) is 0 Å². The molecular formula is C24H20O4S. The van der Waals surface area contributed by atoms with Gasteiger partial charge in [0.1, 0.15) is 12.4 Å². The summed E-state index contributed by atoms with van der Waals surface area (Å²) in [7, 11) is 0. The normalized spacial score (nSPS) is 19.0. The highest BCUT2D eigenvalue weighted by atomic mass is 32.1. The summed E-state index contributed by atoms with van der Waals surface area (Å²) in [5, 5.41) is 12.8. The number of thiophene rings is 1. The molecular weight excluding hydrogens is 384 g/mol. The van der Waals surface area contributed by atoms with Crippen molar-refractivity contribution < 1.29 is 19.4 Å². The predicted octanol–water partition coefficient (Wildman–Crippen LogP) is 5.06. The maximum Gasteiger partial charge on any atom is 0.341 e. The molecule has 3 aromatic rings. The molecule has 1 N–H and O–H groups in total. The Morgan fingerprint density at radius 1 is 1.03 bits per heavy atom. The van der Waals surface area contributed by atoms with Crippen molar-refractivity contribution in [3.05, 3.63) is 99.8 Å². The highest BCUT2D eigenvalue weighted by Gasteiger charge is 2.43. The van der Waals surface area contributed by atoms with E-state index in [1.54, 1.807) is 17.4 Å². The van der Waals surface area contributed by atoms with Gasteiger partial charge in [0.25, 0.3) is 0 Å². The van der Waals surface area contributed by atoms with Crippen LogP contribution < -0.4 is 4.74 Å². The summed E-state index contributed by atoms with van der Waals surface area (Å²) >= 11 is 1.56. The smallest absolute Gasteiger partial charge is 0.341 e. The lowest BCUT2D eigenvalue weighted by molar-refractivity contribution is -0.170. The van der Waals surface area contributed by atoms with E-state index in [4.69, 9.17) is 9.47 Å². The molecule has 0 bridgehead atoms. The number of carbonyl (C=O) groups is 1. The van der Waals surface area contributed by atoms with Gasteiger partial charge in [-0.3, -0.25) is 0 Å². The third-order valence-corrected chi connectivity index (χ3v) is 5.43. The van der Waals surface area contributed by atoms with E-state index in [9.17, 15) is 9.90 Å². The minimum absolute atomic E-state index is 0.319. The van der Waals surface area contributed by atoms with Crippen LogP contribution in [0.2, 0.25) is 0 Å². The molecule has 1 aromatic heterocycles. The maximum atomic E-state index is 12.5. The Kier molecular flexibility index (Phi) is 5.34. The van der Waals surface area contributed by atoms with Crippen molar-refractivity contribution in [3.63, 3.8) is 0 Å². The molecule has 4 rings (SSSR count). The Morgan fingerprint density at radius 3 is 2.55 bits per heavy atom. The number of benzene rings is 2. The van der Waals surface area contributed by atoms with Gasteiger partial charge in [-0.2, -0.15) is 0 Å². The molecule has 2 heterocycles. The number of carbonyl (C=O) groups excluding carboxylic acids is 1. The summed E-state index contributed by atoms with van der Waals surface area (Å²) in [6.45, 7) is 1.85. The van der Waals surface area contributed by atoms with Gasteiger partial charge >= 0.3 is 5.97 Å². The van der Waals surface area contributed by atoms with Crippen molar-refractivity contribution in [2.75, 3.05) is 0 Å². The van der Waals surface area contributed by atoms with Crippen LogP contribution in [0.3, 0.4) is 0 Å². The molecule has 5 heteroatoms. The van der Waals surface area contributed by atoms with E-state index in [0.29, 0.717) is 29.1 Å². The molecule has 0 aliphatic carbocycles. The zero-order valence-corrected chi connectivity index (χ0v) is 16.7. The fourth-order valence-electron chi connectivity index (χ4n) is 3.27. The summed E-state index contributed by atoms with van der Waals surface area (Å²) in [5.41, 5.74) is 2.38. The molecule has 0 amide bonds. The van der Waals surface area contributed by atoms with Gasteiger partial charge in [0.05, 0.1) is 5.57 Å². The Balaban J connectivity index is 1.73. The number of esters is 1. The van der Waals surface area contributed by atoms with Crippen LogP contribution in [0.1, 0.15) is 22.9 Å². The highest BCUT2D eigenvalue weighted by molar-refractivity contribution is 7.10. The van der Waals surface area contributed by atoms with Crippen molar-refractivity contribution in [2.24, 2.45) is 0 Å². The molecule has 146 valence electrons. The van der Waals surface area contributed by atoms with Gasteiger partial charge in [-0.05, 0) is 35.2 Å². The molecule has 29 heavy (non-hydrogen) atoms. The topological polar surface area (TPSA) is 55.8 Å². The van der Waals surface area contributed by atoms with E-state index < -0.39 is 11.8 Å². The summed E-state index contributed by atoms with van der Waals surface area (Å²) in [6.07, 6.45) is 3.54. The minimum atomic E-state index is -1.74. The van der Waals surface area contributed by atoms with Gasteiger partial charge in [0, 0.05) is 22.9 Å².